The van der Waals surface area contributed by atoms with Crippen LogP contribution in [0.15, 0.2) is 53.9 Å². The van der Waals surface area contributed by atoms with Gasteiger partial charge in [-0.1, -0.05) is 30.0 Å². The fraction of sp³-hybridized carbons (Fsp3) is 0.200. The number of rotatable bonds is 6. The molecule has 0 aliphatic rings. The van der Waals surface area contributed by atoms with Crippen LogP contribution in [0.4, 0.5) is 0 Å². The topological polar surface area (TPSA) is 65.7 Å². The van der Waals surface area contributed by atoms with E-state index in [-0.39, 0.29) is 0 Å². The van der Waals surface area contributed by atoms with Crippen LogP contribution in [0.2, 0.25) is 0 Å². The second-order valence-electron chi connectivity index (χ2n) is 4.42. The molecule has 2 heterocycles. The van der Waals surface area contributed by atoms with Crippen LogP contribution in [-0.2, 0) is 5.75 Å². The Balaban J connectivity index is 1.83. The van der Waals surface area contributed by atoms with Crippen LogP contribution in [0.3, 0.4) is 0 Å². The quantitative estimate of drug-likeness (QED) is 0.652. The molecule has 0 fully saturated rings. The molecule has 112 valence electrons. The van der Waals surface area contributed by atoms with E-state index in [1.54, 1.807) is 22.6 Å². The van der Waals surface area contributed by atoms with E-state index in [0.717, 1.165) is 27.9 Å². The third kappa shape index (κ3) is 3.25. The number of pyridine rings is 1. The van der Waals surface area contributed by atoms with Gasteiger partial charge in [-0.15, -0.1) is 5.10 Å². The molecule has 0 saturated carbocycles. The Morgan fingerprint density at radius 3 is 2.91 bits per heavy atom. The molecule has 0 spiro atoms. The molecule has 0 saturated heterocycles. The minimum absolute atomic E-state index is 0.595. The summed E-state index contributed by atoms with van der Waals surface area (Å²) in [6.07, 6.45) is 3.60. The van der Waals surface area contributed by atoms with Crippen molar-refractivity contribution >= 4 is 11.8 Å². The summed E-state index contributed by atoms with van der Waals surface area (Å²) in [6, 6.07) is 11.7. The Morgan fingerprint density at radius 1 is 1.18 bits per heavy atom. The molecule has 22 heavy (non-hydrogen) atoms. The second-order valence-corrected chi connectivity index (χ2v) is 5.37. The summed E-state index contributed by atoms with van der Waals surface area (Å²) in [5.74, 6) is 1.52. The molecule has 1 aromatic carbocycles. The molecule has 0 radical (unpaired) electrons. The van der Waals surface area contributed by atoms with E-state index in [1.807, 2.05) is 49.5 Å². The first-order chi connectivity index (χ1) is 10.9. The van der Waals surface area contributed by atoms with Crippen molar-refractivity contribution < 1.29 is 4.74 Å². The van der Waals surface area contributed by atoms with Gasteiger partial charge >= 0.3 is 0 Å². The molecule has 2 aromatic heterocycles. The lowest BCUT2D eigenvalue weighted by molar-refractivity contribution is 0.337. The fourth-order valence-electron chi connectivity index (χ4n) is 1.96. The van der Waals surface area contributed by atoms with Gasteiger partial charge in [0.05, 0.1) is 6.61 Å². The molecular weight excluding hydrogens is 298 g/mol. The van der Waals surface area contributed by atoms with Gasteiger partial charge < -0.3 is 4.74 Å². The van der Waals surface area contributed by atoms with Crippen LogP contribution in [0, 0.1) is 0 Å². The van der Waals surface area contributed by atoms with Crippen LogP contribution in [0.25, 0.3) is 5.69 Å². The molecule has 0 bridgehead atoms. The molecule has 7 heteroatoms. The van der Waals surface area contributed by atoms with Gasteiger partial charge in [-0.05, 0) is 41.1 Å². The first-order valence-electron chi connectivity index (χ1n) is 6.90. The number of aromatic nitrogens is 5. The zero-order valence-electron chi connectivity index (χ0n) is 12.1. The Hall–Kier alpha value is -2.41. The number of ether oxygens (including phenoxy) is 1. The van der Waals surface area contributed by atoms with Gasteiger partial charge in [-0.3, -0.25) is 4.98 Å². The summed E-state index contributed by atoms with van der Waals surface area (Å²) < 4.78 is 7.34. The van der Waals surface area contributed by atoms with Gasteiger partial charge in [0.1, 0.15) is 11.4 Å². The van der Waals surface area contributed by atoms with E-state index in [1.165, 1.54) is 0 Å². The highest BCUT2D eigenvalue weighted by molar-refractivity contribution is 7.98. The summed E-state index contributed by atoms with van der Waals surface area (Å²) in [4.78, 5) is 4.11. The Kier molecular flexibility index (Phi) is 4.65. The molecule has 0 atom stereocenters. The molecule has 0 aliphatic carbocycles. The average Bonchev–Trinajstić information content (AvgIpc) is 3.03. The van der Waals surface area contributed by atoms with Gasteiger partial charge in [0.25, 0.3) is 0 Å². The summed E-state index contributed by atoms with van der Waals surface area (Å²) in [7, 11) is 0. The van der Waals surface area contributed by atoms with Crippen LogP contribution in [-0.4, -0.2) is 31.8 Å². The zero-order chi connectivity index (χ0) is 15.2. The Bertz CT molecular complexity index is 732. The average molecular weight is 313 g/mol. The number of nitrogens with zero attached hydrogens (tertiary/aromatic N) is 5. The number of thioether (sulfide) groups is 1. The summed E-state index contributed by atoms with van der Waals surface area (Å²) in [5.41, 5.74) is 1.96. The van der Waals surface area contributed by atoms with E-state index in [0.29, 0.717) is 6.61 Å². The molecular formula is C15H15N5OS. The van der Waals surface area contributed by atoms with Crippen molar-refractivity contribution in [3.8, 4) is 11.4 Å². The monoisotopic (exact) mass is 313 g/mol. The Morgan fingerprint density at radius 2 is 2.09 bits per heavy atom. The third-order valence-electron chi connectivity index (χ3n) is 2.92. The van der Waals surface area contributed by atoms with Gasteiger partial charge in [0.2, 0.25) is 5.16 Å². The highest BCUT2D eigenvalue weighted by atomic mass is 32.2. The van der Waals surface area contributed by atoms with Crippen molar-refractivity contribution in [3.63, 3.8) is 0 Å². The second kappa shape index (κ2) is 7.04. The zero-order valence-corrected chi connectivity index (χ0v) is 12.9. The molecule has 0 amide bonds. The van der Waals surface area contributed by atoms with Crippen LogP contribution in [0.1, 0.15) is 12.5 Å². The third-order valence-corrected chi connectivity index (χ3v) is 3.92. The summed E-state index contributed by atoms with van der Waals surface area (Å²) >= 11 is 1.56. The van der Waals surface area contributed by atoms with E-state index in [9.17, 15) is 0 Å². The summed E-state index contributed by atoms with van der Waals surface area (Å²) in [6.45, 7) is 2.55. The maximum atomic E-state index is 5.64. The smallest absolute Gasteiger partial charge is 0.214 e. The summed E-state index contributed by atoms with van der Waals surface area (Å²) in [5, 5.41) is 12.7. The first-order valence-corrected chi connectivity index (χ1v) is 7.89. The molecule has 0 aliphatic heterocycles. The van der Waals surface area contributed by atoms with Crippen molar-refractivity contribution in [1.82, 2.24) is 25.2 Å². The van der Waals surface area contributed by atoms with E-state index in [4.69, 9.17) is 4.74 Å². The van der Waals surface area contributed by atoms with Crippen LogP contribution in [0.5, 0.6) is 5.75 Å². The Labute approximate surface area is 132 Å². The van der Waals surface area contributed by atoms with Crippen LogP contribution >= 0.6 is 11.8 Å². The minimum atomic E-state index is 0.595. The van der Waals surface area contributed by atoms with Crippen LogP contribution < -0.4 is 4.74 Å². The molecule has 6 nitrogen and oxygen atoms in total. The van der Waals surface area contributed by atoms with Gasteiger partial charge in [-0.25, -0.2) is 0 Å². The highest BCUT2D eigenvalue weighted by Gasteiger charge is 2.13. The van der Waals surface area contributed by atoms with Gasteiger partial charge in [0.15, 0.2) is 0 Å². The molecule has 0 unspecified atom stereocenters. The maximum Gasteiger partial charge on any atom is 0.214 e. The van der Waals surface area contributed by atoms with E-state index >= 15 is 0 Å². The maximum absolute atomic E-state index is 5.64. The molecule has 3 aromatic rings. The number of para-hydroxylation sites is 2. The highest BCUT2D eigenvalue weighted by Crippen LogP contribution is 2.27. The number of hydrogen-bond donors (Lipinski definition) is 0. The van der Waals surface area contributed by atoms with Crippen molar-refractivity contribution in [2.24, 2.45) is 0 Å². The van der Waals surface area contributed by atoms with Gasteiger partial charge in [-0.2, -0.15) is 4.68 Å². The fourth-order valence-corrected chi connectivity index (χ4v) is 2.78. The minimum Gasteiger partial charge on any atom is -0.492 e. The SMILES string of the molecule is CCOc1ccccc1-n1nnnc1SCc1cccnc1. The van der Waals surface area contributed by atoms with E-state index in [2.05, 4.69) is 20.5 Å². The van der Waals surface area contributed by atoms with Gasteiger partial charge in [0, 0.05) is 18.1 Å². The predicted octanol–water partition coefficient (Wildman–Crippen LogP) is 2.75. The lowest BCUT2D eigenvalue weighted by atomic mass is 10.3. The molecule has 0 N–H and O–H groups in total. The predicted molar refractivity (Wildman–Crippen MR) is 84.1 cm³/mol. The van der Waals surface area contributed by atoms with Crippen molar-refractivity contribution in [3.05, 3.63) is 54.4 Å². The van der Waals surface area contributed by atoms with Crippen molar-refractivity contribution in [2.45, 2.75) is 17.8 Å². The number of hydrogen-bond acceptors (Lipinski definition) is 6. The lowest BCUT2D eigenvalue weighted by Gasteiger charge is -2.10. The molecule has 3 rings (SSSR count). The van der Waals surface area contributed by atoms with Crippen molar-refractivity contribution in [1.29, 1.82) is 0 Å². The van der Waals surface area contributed by atoms with Crippen molar-refractivity contribution in [2.75, 3.05) is 6.61 Å². The first kappa shape index (κ1) is 14.5. The number of benzene rings is 1. The largest absolute Gasteiger partial charge is 0.492 e. The van der Waals surface area contributed by atoms with E-state index < -0.39 is 0 Å². The lowest BCUT2D eigenvalue weighted by Crippen LogP contribution is -2.03. The normalized spacial score (nSPS) is 10.6. The standard InChI is InChI=1S/C15H15N5OS/c1-2-21-14-8-4-3-7-13(14)20-15(17-18-19-20)22-11-12-6-5-9-16-10-12/h3-10H,2,11H2,1H3. The number of tetrazole rings is 1.